The minimum Gasteiger partial charge on any atom is -0.342 e. The Labute approximate surface area is 129 Å². The molecule has 0 bridgehead atoms. The zero-order chi connectivity index (χ0) is 15.8. The van der Waals surface area contributed by atoms with Gasteiger partial charge < -0.3 is 4.90 Å². The van der Waals surface area contributed by atoms with Crippen LogP contribution in [0, 0.1) is 0 Å². The molecule has 0 fully saturated rings. The molecule has 1 N–H and O–H groups in total. The molecule has 1 rings (SSSR count). The fourth-order valence-electron chi connectivity index (χ4n) is 2.61. The Morgan fingerprint density at radius 3 is 2.14 bits per heavy atom. The molecule has 2 atom stereocenters. The van der Waals surface area contributed by atoms with Crippen LogP contribution in [-0.2, 0) is 11.2 Å². The highest BCUT2D eigenvalue weighted by atomic mass is 16.2. The maximum absolute atomic E-state index is 12.3. The lowest BCUT2D eigenvalue weighted by molar-refractivity contribution is -0.132. The van der Waals surface area contributed by atoms with Crippen LogP contribution in [0.4, 0.5) is 0 Å². The number of hydrogen-bond acceptors (Lipinski definition) is 2. The number of likely N-dealkylation sites (N-methyl/N-ethyl adjacent to an activating group) is 1. The van der Waals surface area contributed by atoms with Crippen LogP contribution in [0.15, 0.2) is 24.3 Å². The van der Waals surface area contributed by atoms with Crippen molar-refractivity contribution in [3.8, 4) is 0 Å². The van der Waals surface area contributed by atoms with Crippen molar-refractivity contribution in [3.05, 3.63) is 35.4 Å². The molecule has 118 valence electrons. The minimum absolute atomic E-state index is 0.157. The Balaban J connectivity index is 2.63. The van der Waals surface area contributed by atoms with Crippen LogP contribution in [0.2, 0.25) is 0 Å². The summed E-state index contributed by atoms with van der Waals surface area (Å²) in [4.78, 5) is 14.1. The number of benzene rings is 1. The zero-order valence-electron chi connectivity index (χ0n) is 14.1. The first-order chi connectivity index (χ1) is 10.0. The Morgan fingerprint density at radius 1 is 1.10 bits per heavy atom. The zero-order valence-corrected chi connectivity index (χ0v) is 14.1. The van der Waals surface area contributed by atoms with Crippen molar-refractivity contribution in [2.45, 2.75) is 59.5 Å². The van der Waals surface area contributed by atoms with E-state index in [0.29, 0.717) is 0 Å². The van der Waals surface area contributed by atoms with Crippen molar-refractivity contribution >= 4 is 5.91 Å². The van der Waals surface area contributed by atoms with Crippen molar-refractivity contribution < 1.29 is 4.79 Å². The highest BCUT2D eigenvalue weighted by molar-refractivity contribution is 5.81. The number of carbonyl (C=O) groups excluding carboxylic acids is 1. The average Bonchev–Trinajstić information content (AvgIpc) is 2.49. The van der Waals surface area contributed by atoms with E-state index < -0.39 is 0 Å². The Morgan fingerprint density at radius 2 is 1.67 bits per heavy atom. The maximum Gasteiger partial charge on any atom is 0.239 e. The second-order valence-electron chi connectivity index (χ2n) is 5.61. The third kappa shape index (κ3) is 5.16. The van der Waals surface area contributed by atoms with Gasteiger partial charge in [0.05, 0.1) is 6.04 Å². The molecule has 0 saturated carbocycles. The van der Waals surface area contributed by atoms with E-state index in [0.717, 1.165) is 19.5 Å². The third-order valence-corrected chi connectivity index (χ3v) is 3.96. The first-order valence-corrected chi connectivity index (χ1v) is 8.17. The standard InChI is InChI=1S/C18H30N2O/c1-6-9-16-10-12-17(13-11-16)14(4)19-15(5)18(21)20(7-2)8-3/h10-15,19H,6-9H2,1-5H3. The van der Waals surface area contributed by atoms with Crippen molar-refractivity contribution in [2.24, 2.45) is 0 Å². The van der Waals surface area contributed by atoms with Gasteiger partial charge in [-0.2, -0.15) is 0 Å². The number of aryl methyl sites for hydroxylation is 1. The minimum atomic E-state index is -0.157. The largest absolute Gasteiger partial charge is 0.342 e. The molecule has 1 aromatic carbocycles. The van der Waals surface area contributed by atoms with Gasteiger partial charge >= 0.3 is 0 Å². The smallest absolute Gasteiger partial charge is 0.239 e. The van der Waals surface area contributed by atoms with Gasteiger partial charge in [-0.3, -0.25) is 10.1 Å². The summed E-state index contributed by atoms with van der Waals surface area (Å²) < 4.78 is 0. The van der Waals surface area contributed by atoms with E-state index in [-0.39, 0.29) is 18.0 Å². The second-order valence-corrected chi connectivity index (χ2v) is 5.61. The molecule has 1 amide bonds. The molecule has 0 aliphatic rings. The van der Waals surface area contributed by atoms with E-state index in [4.69, 9.17) is 0 Å². The van der Waals surface area contributed by atoms with Gasteiger partial charge in [0.1, 0.15) is 0 Å². The summed E-state index contributed by atoms with van der Waals surface area (Å²) in [6.07, 6.45) is 2.29. The van der Waals surface area contributed by atoms with Gasteiger partial charge in [0.2, 0.25) is 5.91 Å². The van der Waals surface area contributed by atoms with E-state index in [9.17, 15) is 4.79 Å². The van der Waals surface area contributed by atoms with Gasteiger partial charge in [-0.15, -0.1) is 0 Å². The van der Waals surface area contributed by atoms with Crippen LogP contribution in [0.1, 0.15) is 58.2 Å². The molecule has 0 aliphatic carbocycles. The average molecular weight is 290 g/mol. The molecule has 3 nitrogen and oxygen atoms in total. The van der Waals surface area contributed by atoms with E-state index in [1.165, 1.54) is 17.5 Å². The summed E-state index contributed by atoms with van der Waals surface area (Å²) in [5.74, 6) is 0.175. The van der Waals surface area contributed by atoms with E-state index in [1.54, 1.807) is 0 Å². The summed E-state index contributed by atoms with van der Waals surface area (Å²) >= 11 is 0. The van der Waals surface area contributed by atoms with Gasteiger partial charge in [0, 0.05) is 19.1 Å². The van der Waals surface area contributed by atoms with Crippen LogP contribution in [0.25, 0.3) is 0 Å². The molecule has 21 heavy (non-hydrogen) atoms. The molecule has 0 aliphatic heterocycles. The normalized spacial score (nSPS) is 13.8. The molecule has 3 heteroatoms. The molecule has 0 radical (unpaired) electrons. The number of hydrogen-bond donors (Lipinski definition) is 1. The number of nitrogens with one attached hydrogen (secondary N) is 1. The molecule has 0 saturated heterocycles. The number of rotatable bonds is 8. The highest BCUT2D eigenvalue weighted by Crippen LogP contribution is 2.15. The van der Waals surface area contributed by atoms with Gasteiger partial charge in [-0.25, -0.2) is 0 Å². The van der Waals surface area contributed by atoms with Crippen LogP contribution in [0.3, 0.4) is 0 Å². The summed E-state index contributed by atoms with van der Waals surface area (Å²) in [6.45, 7) is 11.8. The topological polar surface area (TPSA) is 32.3 Å². The second kappa shape index (κ2) is 8.83. The fraction of sp³-hybridized carbons (Fsp3) is 0.611. The van der Waals surface area contributed by atoms with Crippen molar-refractivity contribution in [1.29, 1.82) is 0 Å². The van der Waals surface area contributed by atoms with Crippen LogP contribution in [0.5, 0.6) is 0 Å². The molecule has 0 spiro atoms. The van der Waals surface area contributed by atoms with Gasteiger partial charge in [-0.1, -0.05) is 37.6 Å². The molecule has 0 aromatic heterocycles. The summed E-state index contributed by atoms with van der Waals surface area (Å²) in [5, 5.41) is 3.41. The fourth-order valence-corrected chi connectivity index (χ4v) is 2.61. The number of carbonyl (C=O) groups is 1. The summed E-state index contributed by atoms with van der Waals surface area (Å²) in [5.41, 5.74) is 2.61. The lowest BCUT2D eigenvalue weighted by Crippen LogP contribution is -2.45. The van der Waals surface area contributed by atoms with Gasteiger partial charge in [0.25, 0.3) is 0 Å². The SMILES string of the molecule is CCCc1ccc(C(C)NC(C)C(=O)N(CC)CC)cc1. The predicted molar refractivity (Wildman–Crippen MR) is 89.4 cm³/mol. The molecular weight excluding hydrogens is 260 g/mol. The first-order valence-electron chi connectivity index (χ1n) is 8.17. The van der Waals surface area contributed by atoms with Crippen molar-refractivity contribution in [3.63, 3.8) is 0 Å². The van der Waals surface area contributed by atoms with E-state index in [2.05, 4.69) is 43.4 Å². The lowest BCUT2D eigenvalue weighted by Gasteiger charge is -2.26. The van der Waals surface area contributed by atoms with E-state index >= 15 is 0 Å². The third-order valence-electron chi connectivity index (χ3n) is 3.96. The van der Waals surface area contributed by atoms with Crippen molar-refractivity contribution in [1.82, 2.24) is 10.2 Å². The monoisotopic (exact) mass is 290 g/mol. The summed E-state index contributed by atoms with van der Waals surface area (Å²) in [7, 11) is 0. The molecule has 1 aromatic rings. The van der Waals surface area contributed by atoms with Crippen LogP contribution < -0.4 is 5.32 Å². The molecule has 2 unspecified atom stereocenters. The van der Waals surface area contributed by atoms with Crippen LogP contribution in [-0.4, -0.2) is 29.9 Å². The molecular formula is C18H30N2O. The predicted octanol–water partition coefficient (Wildman–Crippen LogP) is 3.55. The quantitative estimate of drug-likeness (QED) is 0.794. The number of amides is 1. The summed E-state index contributed by atoms with van der Waals surface area (Å²) in [6, 6.07) is 8.72. The Kier molecular flexibility index (Phi) is 7.44. The first kappa shape index (κ1) is 17.7. The maximum atomic E-state index is 12.3. The molecule has 0 heterocycles. The van der Waals surface area contributed by atoms with E-state index in [1.807, 2.05) is 25.7 Å². The highest BCUT2D eigenvalue weighted by Gasteiger charge is 2.20. The van der Waals surface area contributed by atoms with Gasteiger partial charge in [-0.05, 0) is 45.2 Å². The lowest BCUT2D eigenvalue weighted by atomic mass is 10.0. The number of nitrogens with zero attached hydrogens (tertiary/aromatic N) is 1. The van der Waals surface area contributed by atoms with Crippen LogP contribution >= 0.6 is 0 Å². The Bertz CT molecular complexity index is 423. The van der Waals surface area contributed by atoms with Gasteiger partial charge in [0.15, 0.2) is 0 Å². The Hall–Kier alpha value is -1.35. The van der Waals surface area contributed by atoms with Crippen molar-refractivity contribution in [2.75, 3.05) is 13.1 Å².